The molecule has 22 heavy (non-hydrogen) atoms. The van der Waals surface area contributed by atoms with Gasteiger partial charge in [-0.3, -0.25) is 4.79 Å². The van der Waals surface area contributed by atoms with E-state index in [0.717, 1.165) is 17.7 Å². The van der Waals surface area contributed by atoms with Crippen LogP contribution >= 0.6 is 0 Å². The summed E-state index contributed by atoms with van der Waals surface area (Å²) in [5.74, 6) is 0.445. The lowest BCUT2D eigenvalue weighted by molar-refractivity contribution is -0.160. The highest BCUT2D eigenvalue weighted by Gasteiger charge is 2.63. The fourth-order valence-corrected chi connectivity index (χ4v) is 4.31. The van der Waals surface area contributed by atoms with Crippen LogP contribution in [-0.4, -0.2) is 41.5 Å². The van der Waals surface area contributed by atoms with Crippen LogP contribution in [0.25, 0.3) is 0 Å². The van der Waals surface area contributed by atoms with Crippen molar-refractivity contribution in [2.45, 2.75) is 38.6 Å². The summed E-state index contributed by atoms with van der Waals surface area (Å²) in [6.45, 7) is 4.18. The Hall–Kier alpha value is -1.88. The number of piperidine rings is 1. The Morgan fingerprint density at radius 2 is 2.18 bits per heavy atom. The van der Waals surface area contributed by atoms with Crippen LogP contribution < -0.4 is 0 Å². The summed E-state index contributed by atoms with van der Waals surface area (Å²) in [6.07, 6.45) is 0.803. The minimum absolute atomic E-state index is 0.0346. The highest BCUT2D eigenvalue weighted by atomic mass is 16.6. The van der Waals surface area contributed by atoms with Crippen molar-refractivity contribution in [2.24, 2.45) is 17.0 Å². The van der Waals surface area contributed by atoms with Gasteiger partial charge in [0.2, 0.25) is 5.91 Å². The van der Waals surface area contributed by atoms with Crippen LogP contribution in [0.15, 0.2) is 35.5 Å². The summed E-state index contributed by atoms with van der Waals surface area (Å²) in [5.41, 5.74) is 2.05. The standard InChI is InChI=1S/C17H20N2O3/c1-3-21-17-12-9-13(19(17)10(2)20)14-15(18-22-16(12)14)11-7-5-4-6-8-11/h4-8,12-14,16-17H,3,9H2,1-2H3. The molecule has 1 aliphatic carbocycles. The number of nitrogens with zero attached hydrogens (tertiary/aromatic N) is 2. The van der Waals surface area contributed by atoms with E-state index in [1.54, 1.807) is 6.92 Å². The number of likely N-dealkylation sites (tertiary alicyclic amines) is 1. The zero-order valence-electron chi connectivity index (χ0n) is 12.8. The number of carbonyl (C=O) groups is 1. The molecule has 1 saturated carbocycles. The van der Waals surface area contributed by atoms with Crippen LogP contribution in [0.4, 0.5) is 0 Å². The predicted octanol–water partition coefficient (Wildman–Crippen LogP) is 2.02. The third-order valence-electron chi connectivity index (χ3n) is 5.06. The molecule has 116 valence electrons. The first-order valence-corrected chi connectivity index (χ1v) is 7.92. The van der Waals surface area contributed by atoms with Gasteiger partial charge in [-0.1, -0.05) is 35.5 Å². The summed E-state index contributed by atoms with van der Waals surface area (Å²) in [7, 11) is 0. The minimum atomic E-state index is -0.168. The van der Waals surface area contributed by atoms with Gasteiger partial charge in [0.15, 0.2) is 0 Å². The number of carbonyl (C=O) groups excluding carboxylic acids is 1. The van der Waals surface area contributed by atoms with E-state index in [1.165, 1.54) is 0 Å². The zero-order chi connectivity index (χ0) is 15.3. The molecule has 1 saturated heterocycles. The Morgan fingerprint density at radius 3 is 2.86 bits per heavy atom. The molecule has 0 aromatic heterocycles. The van der Waals surface area contributed by atoms with Crippen molar-refractivity contribution in [1.29, 1.82) is 0 Å². The Kier molecular flexibility index (Phi) is 3.18. The Bertz CT molecular complexity index is 616. The maximum absolute atomic E-state index is 12.1. The number of rotatable bonds is 3. The lowest BCUT2D eigenvalue weighted by atomic mass is 9.87. The second kappa shape index (κ2) is 5.09. The fraction of sp³-hybridized carbons (Fsp3) is 0.529. The number of hydrogen-bond acceptors (Lipinski definition) is 4. The van der Waals surface area contributed by atoms with E-state index in [0.29, 0.717) is 6.61 Å². The van der Waals surface area contributed by atoms with Gasteiger partial charge < -0.3 is 14.5 Å². The smallest absolute Gasteiger partial charge is 0.221 e. The largest absolute Gasteiger partial charge is 0.391 e. The molecule has 2 bridgehead atoms. The van der Waals surface area contributed by atoms with Crippen LogP contribution in [0.2, 0.25) is 0 Å². The lowest BCUT2D eigenvalue weighted by Gasteiger charge is -2.39. The van der Waals surface area contributed by atoms with Crippen LogP contribution in [0, 0.1) is 11.8 Å². The molecule has 1 aromatic carbocycles. The van der Waals surface area contributed by atoms with Gasteiger partial charge in [0.05, 0.1) is 11.6 Å². The number of oxime groups is 1. The number of fused-ring (bicyclic) bond motifs is 5. The molecule has 3 aliphatic rings. The second-order valence-corrected chi connectivity index (χ2v) is 6.18. The molecular weight excluding hydrogens is 280 g/mol. The summed E-state index contributed by atoms with van der Waals surface area (Å²) >= 11 is 0. The van der Waals surface area contributed by atoms with Crippen molar-refractivity contribution in [3.8, 4) is 0 Å². The predicted molar refractivity (Wildman–Crippen MR) is 81.2 cm³/mol. The Labute approximate surface area is 129 Å². The van der Waals surface area contributed by atoms with E-state index in [2.05, 4.69) is 17.3 Å². The quantitative estimate of drug-likeness (QED) is 0.858. The van der Waals surface area contributed by atoms with Gasteiger partial charge in [0, 0.05) is 25.5 Å². The van der Waals surface area contributed by atoms with E-state index >= 15 is 0 Å². The van der Waals surface area contributed by atoms with Gasteiger partial charge in [0.1, 0.15) is 12.3 Å². The third-order valence-corrected chi connectivity index (χ3v) is 5.06. The molecule has 2 fully saturated rings. The van der Waals surface area contributed by atoms with Crippen molar-refractivity contribution in [2.75, 3.05) is 6.61 Å². The second-order valence-electron chi connectivity index (χ2n) is 6.18. The summed E-state index contributed by atoms with van der Waals surface area (Å²) in [5, 5.41) is 4.34. The molecule has 2 heterocycles. The maximum Gasteiger partial charge on any atom is 0.221 e. The molecule has 5 heteroatoms. The molecule has 2 aliphatic heterocycles. The highest BCUT2D eigenvalue weighted by molar-refractivity contribution is 6.04. The van der Waals surface area contributed by atoms with Crippen molar-refractivity contribution < 1.29 is 14.4 Å². The SMILES string of the molecule is CCOC1C2CC(C3C(c4ccccc4)=NOC23)N1C(C)=O. The molecule has 1 amide bonds. The average Bonchev–Trinajstić information content (AvgIpc) is 3.18. The van der Waals surface area contributed by atoms with Gasteiger partial charge >= 0.3 is 0 Å². The summed E-state index contributed by atoms with van der Waals surface area (Å²) in [6, 6.07) is 10.2. The molecule has 0 N–H and O–H groups in total. The Balaban J connectivity index is 1.67. The van der Waals surface area contributed by atoms with Crippen molar-refractivity contribution in [3.05, 3.63) is 35.9 Å². The van der Waals surface area contributed by atoms with Crippen LogP contribution in [0.1, 0.15) is 25.8 Å². The molecule has 4 rings (SSSR count). The van der Waals surface area contributed by atoms with E-state index < -0.39 is 0 Å². The first kappa shape index (κ1) is 13.8. The summed E-state index contributed by atoms with van der Waals surface area (Å²) in [4.78, 5) is 19.8. The van der Waals surface area contributed by atoms with E-state index in [1.807, 2.05) is 30.0 Å². The Morgan fingerprint density at radius 1 is 1.41 bits per heavy atom. The molecular formula is C17H20N2O3. The number of ether oxygens (including phenoxy) is 1. The van der Waals surface area contributed by atoms with E-state index in [9.17, 15) is 4.79 Å². The number of benzene rings is 1. The molecule has 5 unspecified atom stereocenters. The van der Waals surface area contributed by atoms with Gasteiger partial charge in [-0.15, -0.1) is 0 Å². The van der Waals surface area contributed by atoms with E-state index in [4.69, 9.17) is 9.57 Å². The zero-order valence-corrected chi connectivity index (χ0v) is 12.8. The van der Waals surface area contributed by atoms with Crippen LogP contribution in [-0.2, 0) is 14.4 Å². The van der Waals surface area contributed by atoms with E-state index in [-0.39, 0.29) is 36.1 Å². The summed E-state index contributed by atoms with van der Waals surface area (Å²) < 4.78 is 5.83. The van der Waals surface area contributed by atoms with Gasteiger partial charge in [-0.2, -0.15) is 0 Å². The van der Waals surface area contributed by atoms with Crippen LogP contribution in [0.5, 0.6) is 0 Å². The van der Waals surface area contributed by atoms with Gasteiger partial charge in [-0.25, -0.2) is 0 Å². The van der Waals surface area contributed by atoms with Crippen LogP contribution in [0.3, 0.4) is 0 Å². The highest BCUT2D eigenvalue weighted by Crippen LogP contribution is 2.51. The molecule has 0 radical (unpaired) electrons. The van der Waals surface area contributed by atoms with Gasteiger partial charge in [0.25, 0.3) is 0 Å². The minimum Gasteiger partial charge on any atom is -0.391 e. The molecule has 5 nitrogen and oxygen atoms in total. The van der Waals surface area contributed by atoms with Crippen molar-refractivity contribution in [1.82, 2.24) is 4.90 Å². The maximum atomic E-state index is 12.1. The monoisotopic (exact) mass is 300 g/mol. The van der Waals surface area contributed by atoms with Crippen molar-refractivity contribution in [3.63, 3.8) is 0 Å². The van der Waals surface area contributed by atoms with Crippen molar-refractivity contribution >= 4 is 11.6 Å². The average molecular weight is 300 g/mol. The molecule has 0 spiro atoms. The molecule has 5 atom stereocenters. The normalized spacial score (nSPS) is 35.3. The number of amides is 1. The van der Waals surface area contributed by atoms with Gasteiger partial charge in [-0.05, 0) is 18.9 Å². The third kappa shape index (κ3) is 1.81. The first-order chi connectivity index (χ1) is 10.7. The molecule has 1 aromatic rings. The topological polar surface area (TPSA) is 51.1 Å². The fourth-order valence-electron chi connectivity index (χ4n) is 4.31. The number of hydrogen-bond donors (Lipinski definition) is 0. The first-order valence-electron chi connectivity index (χ1n) is 7.92. The lowest BCUT2D eigenvalue weighted by Crippen LogP contribution is -2.54.